The van der Waals surface area contributed by atoms with Gasteiger partial charge in [-0.05, 0) is 49.2 Å². The Bertz CT molecular complexity index is 974. The highest BCUT2D eigenvalue weighted by molar-refractivity contribution is 6.30. The Kier molecular flexibility index (Phi) is 4.97. The highest BCUT2D eigenvalue weighted by Crippen LogP contribution is 2.34. The van der Waals surface area contributed by atoms with E-state index in [9.17, 15) is 18.0 Å². The van der Waals surface area contributed by atoms with Gasteiger partial charge in [-0.3, -0.25) is 4.79 Å². The lowest BCUT2D eigenvalue weighted by Gasteiger charge is -2.14. The third kappa shape index (κ3) is 3.83. The van der Waals surface area contributed by atoms with Crippen molar-refractivity contribution in [3.05, 3.63) is 76.1 Å². The summed E-state index contributed by atoms with van der Waals surface area (Å²) in [6.07, 6.45) is -3.86. The number of para-hydroxylation sites is 1. The number of halogens is 4. The molecule has 3 rings (SSSR count). The lowest BCUT2D eigenvalue weighted by molar-refractivity contribution is -0.143. The van der Waals surface area contributed by atoms with Gasteiger partial charge in [0.2, 0.25) is 0 Å². The topological polar surface area (TPSA) is 46.9 Å². The SMILES string of the molecule is Cc1cccc(C)c1NC(=O)c1cnn(-c2ccc(Cl)cc2)c1C(F)(F)F. The Morgan fingerprint density at radius 2 is 1.67 bits per heavy atom. The van der Waals surface area contributed by atoms with Crippen LogP contribution < -0.4 is 5.32 Å². The van der Waals surface area contributed by atoms with Crippen molar-refractivity contribution >= 4 is 23.2 Å². The highest BCUT2D eigenvalue weighted by Gasteiger charge is 2.40. The molecular formula is C19H15ClF3N3O. The summed E-state index contributed by atoms with van der Waals surface area (Å²) in [5.41, 5.74) is 0.436. The molecule has 4 nitrogen and oxygen atoms in total. The van der Waals surface area contributed by atoms with Gasteiger partial charge in [-0.1, -0.05) is 29.8 Å². The second kappa shape index (κ2) is 7.08. The molecule has 140 valence electrons. The number of rotatable bonds is 3. The molecule has 2 aromatic carbocycles. The minimum absolute atomic E-state index is 0.151. The number of carbonyl (C=O) groups excluding carboxylic acids is 1. The number of hydrogen-bond acceptors (Lipinski definition) is 2. The zero-order chi connectivity index (χ0) is 19.8. The Morgan fingerprint density at radius 1 is 1.07 bits per heavy atom. The average Bonchev–Trinajstić information content (AvgIpc) is 3.04. The van der Waals surface area contributed by atoms with Crippen LogP contribution in [0.3, 0.4) is 0 Å². The van der Waals surface area contributed by atoms with Crippen molar-refractivity contribution in [3.63, 3.8) is 0 Å². The van der Waals surface area contributed by atoms with E-state index < -0.39 is 23.3 Å². The largest absolute Gasteiger partial charge is 0.434 e. The van der Waals surface area contributed by atoms with Gasteiger partial charge in [0.15, 0.2) is 5.69 Å². The van der Waals surface area contributed by atoms with E-state index in [1.165, 1.54) is 24.3 Å². The van der Waals surface area contributed by atoms with Crippen molar-refractivity contribution in [1.82, 2.24) is 9.78 Å². The summed E-state index contributed by atoms with van der Waals surface area (Å²) in [5, 5.41) is 6.73. The normalized spacial score (nSPS) is 11.5. The molecule has 0 fully saturated rings. The summed E-state index contributed by atoms with van der Waals surface area (Å²) in [5.74, 6) is -0.875. The fourth-order valence-corrected chi connectivity index (χ4v) is 2.88. The van der Waals surface area contributed by atoms with Gasteiger partial charge in [0, 0.05) is 10.7 Å². The third-order valence-electron chi connectivity index (χ3n) is 4.07. The molecule has 1 heterocycles. The predicted octanol–water partition coefficient (Wildman–Crippen LogP) is 5.41. The number of alkyl halides is 3. The molecule has 1 N–H and O–H groups in total. The zero-order valence-corrected chi connectivity index (χ0v) is 15.2. The molecular weight excluding hydrogens is 379 g/mol. The summed E-state index contributed by atoms with van der Waals surface area (Å²) in [6.45, 7) is 3.54. The maximum Gasteiger partial charge on any atom is 0.434 e. The van der Waals surface area contributed by atoms with Crippen LogP contribution in [-0.4, -0.2) is 15.7 Å². The fraction of sp³-hybridized carbons (Fsp3) is 0.158. The first-order valence-corrected chi connectivity index (χ1v) is 8.35. The first-order chi connectivity index (χ1) is 12.7. The summed E-state index contributed by atoms with van der Waals surface area (Å²) in [7, 11) is 0. The number of carbonyl (C=O) groups is 1. The molecule has 1 amide bonds. The average molecular weight is 394 g/mol. The Labute approximate surface area is 158 Å². The van der Waals surface area contributed by atoms with E-state index in [4.69, 9.17) is 11.6 Å². The van der Waals surface area contributed by atoms with E-state index in [1.807, 2.05) is 0 Å². The number of aromatic nitrogens is 2. The molecule has 0 spiro atoms. The van der Waals surface area contributed by atoms with E-state index in [0.29, 0.717) is 15.4 Å². The van der Waals surface area contributed by atoms with Gasteiger partial charge >= 0.3 is 6.18 Å². The van der Waals surface area contributed by atoms with Crippen LogP contribution in [0.1, 0.15) is 27.2 Å². The first-order valence-electron chi connectivity index (χ1n) is 7.97. The molecule has 0 saturated carbocycles. The van der Waals surface area contributed by atoms with Crippen molar-refractivity contribution in [2.24, 2.45) is 0 Å². The Morgan fingerprint density at radius 3 is 2.22 bits per heavy atom. The predicted molar refractivity (Wildman–Crippen MR) is 97.4 cm³/mol. The molecule has 0 aliphatic carbocycles. The smallest absolute Gasteiger partial charge is 0.321 e. The van der Waals surface area contributed by atoms with Crippen molar-refractivity contribution in [1.29, 1.82) is 0 Å². The van der Waals surface area contributed by atoms with Gasteiger partial charge in [0.1, 0.15) is 0 Å². The molecule has 1 aromatic heterocycles. The van der Waals surface area contributed by atoms with Crippen molar-refractivity contribution in [2.75, 3.05) is 5.32 Å². The highest BCUT2D eigenvalue weighted by atomic mass is 35.5. The summed E-state index contributed by atoms with van der Waals surface area (Å²) < 4.78 is 41.8. The van der Waals surface area contributed by atoms with Gasteiger partial charge in [0.05, 0.1) is 17.4 Å². The second-order valence-corrected chi connectivity index (χ2v) is 6.45. The van der Waals surface area contributed by atoms with Crippen LogP contribution >= 0.6 is 11.6 Å². The van der Waals surface area contributed by atoms with Crippen molar-refractivity contribution < 1.29 is 18.0 Å². The summed E-state index contributed by atoms with van der Waals surface area (Å²) in [6, 6.07) is 11.1. The number of nitrogens with one attached hydrogen (secondary N) is 1. The molecule has 0 aliphatic heterocycles. The van der Waals surface area contributed by atoms with Gasteiger partial charge in [-0.2, -0.15) is 18.3 Å². The van der Waals surface area contributed by atoms with Crippen molar-refractivity contribution in [2.45, 2.75) is 20.0 Å². The van der Waals surface area contributed by atoms with E-state index in [2.05, 4.69) is 10.4 Å². The number of benzene rings is 2. The minimum atomic E-state index is -4.77. The minimum Gasteiger partial charge on any atom is -0.321 e. The van der Waals surface area contributed by atoms with E-state index in [1.54, 1.807) is 32.0 Å². The maximum atomic E-state index is 13.7. The molecule has 3 aromatic rings. The van der Waals surface area contributed by atoms with Gasteiger partial charge in [-0.15, -0.1) is 0 Å². The number of nitrogens with zero attached hydrogens (tertiary/aromatic N) is 2. The van der Waals surface area contributed by atoms with Gasteiger partial charge < -0.3 is 5.32 Å². The first kappa shape index (κ1) is 19.0. The molecule has 0 bridgehead atoms. The van der Waals surface area contributed by atoms with Gasteiger partial charge in [0.25, 0.3) is 5.91 Å². The molecule has 8 heteroatoms. The Balaban J connectivity index is 2.05. The number of aryl methyl sites for hydroxylation is 2. The van der Waals surface area contributed by atoms with Crippen LogP contribution in [0.25, 0.3) is 5.69 Å². The molecule has 27 heavy (non-hydrogen) atoms. The van der Waals surface area contributed by atoms with E-state index in [-0.39, 0.29) is 5.69 Å². The lowest BCUT2D eigenvalue weighted by Crippen LogP contribution is -2.21. The van der Waals surface area contributed by atoms with Gasteiger partial charge in [-0.25, -0.2) is 4.68 Å². The fourth-order valence-electron chi connectivity index (χ4n) is 2.76. The van der Waals surface area contributed by atoms with Crippen LogP contribution in [-0.2, 0) is 6.18 Å². The van der Waals surface area contributed by atoms with Crippen molar-refractivity contribution in [3.8, 4) is 5.69 Å². The lowest BCUT2D eigenvalue weighted by atomic mass is 10.1. The maximum absolute atomic E-state index is 13.7. The zero-order valence-electron chi connectivity index (χ0n) is 14.4. The summed E-state index contributed by atoms with van der Waals surface area (Å²) in [4.78, 5) is 12.6. The van der Waals surface area contributed by atoms with E-state index in [0.717, 1.165) is 17.3 Å². The Hall–Kier alpha value is -2.80. The van der Waals surface area contributed by atoms with Crippen LogP contribution in [0.4, 0.5) is 18.9 Å². The molecule has 0 saturated heterocycles. The van der Waals surface area contributed by atoms with Crippen LogP contribution in [0.2, 0.25) is 5.02 Å². The number of amides is 1. The standard InChI is InChI=1S/C19H15ClF3N3O/c1-11-4-3-5-12(2)16(11)25-18(27)15-10-24-26(17(15)19(21,22)23)14-8-6-13(20)7-9-14/h3-10H,1-2H3,(H,25,27). The second-order valence-electron chi connectivity index (χ2n) is 6.01. The number of anilines is 1. The van der Waals surface area contributed by atoms with Crippen LogP contribution in [0, 0.1) is 13.8 Å². The number of hydrogen-bond donors (Lipinski definition) is 1. The monoisotopic (exact) mass is 393 g/mol. The molecule has 0 unspecified atom stereocenters. The van der Waals surface area contributed by atoms with Crippen LogP contribution in [0.5, 0.6) is 0 Å². The third-order valence-corrected chi connectivity index (χ3v) is 4.33. The van der Waals surface area contributed by atoms with E-state index >= 15 is 0 Å². The molecule has 0 aliphatic rings. The molecule has 0 radical (unpaired) electrons. The summed E-state index contributed by atoms with van der Waals surface area (Å²) >= 11 is 5.79. The quantitative estimate of drug-likeness (QED) is 0.646. The van der Waals surface area contributed by atoms with Crippen LogP contribution in [0.15, 0.2) is 48.7 Å². The molecule has 0 atom stereocenters.